The number of hydrogen-bond acceptors (Lipinski definition) is 2. The molecule has 2 N–H and O–H groups in total. The second-order valence-electron chi connectivity index (χ2n) is 4.99. The van der Waals surface area contributed by atoms with Crippen LogP contribution in [0.4, 0.5) is 4.39 Å². The van der Waals surface area contributed by atoms with Gasteiger partial charge in [0.2, 0.25) is 0 Å². The molecule has 0 fully saturated rings. The van der Waals surface area contributed by atoms with Crippen LogP contribution in [0.3, 0.4) is 0 Å². The Balaban J connectivity index is 4.43. The maximum Gasteiger partial charge on any atom is 0.0979 e. The Labute approximate surface area is 98.2 Å². The third-order valence-corrected chi connectivity index (χ3v) is 2.87. The van der Waals surface area contributed by atoms with E-state index in [1.165, 1.54) is 6.92 Å². The molecule has 2 nitrogen and oxygen atoms in total. The summed E-state index contributed by atoms with van der Waals surface area (Å²) in [5.41, 5.74) is 0. The minimum absolute atomic E-state index is 0.0407. The molecule has 0 aliphatic heterocycles. The fraction of sp³-hybridized carbons (Fsp3) is 0.846. The molecule has 3 heteroatoms. The van der Waals surface area contributed by atoms with Crippen molar-refractivity contribution in [1.82, 2.24) is 0 Å². The van der Waals surface area contributed by atoms with Gasteiger partial charge >= 0.3 is 0 Å². The van der Waals surface area contributed by atoms with Gasteiger partial charge in [-0.25, -0.2) is 4.39 Å². The highest BCUT2D eigenvalue weighted by atomic mass is 19.1. The average molecular weight is 232 g/mol. The van der Waals surface area contributed by atoms with Crippen LogP contribution in [0.5, 0.6) is 0 Å². The van der Waals surface area contributed by atoms with Gasteiger partial charge in [0.25, 0.3) is 0 Å². The minimum Gasteiger partial charge on any atom is -0.513 e. The average Bonchev–Trinajstić information content (AvgIpc) is 2.15. The first-order valence-electron chi connectivity index (χ1n) is 5.99. The molecule has 0 heterocycles. The number of hydrogen-bond donors (Lipinski definition) is 2. The van der Waals surface area contributed by atoms with Crippen LogP contribution in [-0.4, -0.2) is 23.0 Å². The lowest BCUT2D eigenvalue weighted by atomic mass is 9.83. The summed E-state index contributed by atoms with van der Waals surface area (Å²) in [5, 5.41) is 18.3. The Kier molecular flexibility index (Phi) is 7.39. The Morgan fingerprint density at radius 2 is 1.81 bits per heavy atom. The van der Waals surface area contributed by atoms with E-state index in [1.807, 2.05) is 13.8 Å². The van der Waals surface area contributed by atoms with Gasteiger partial charge in [-0.1, -0.05) is 13.8 Å². The zero-order valence-electron chi connectivity index (χ0n) is 10.8. The predicted molar refractivity (Wildman–Crippen MR) is 65.1 cm³/mol. The van der Waals surface area contributed by atoms with Gasteiger partial charge in [0.1, 0.15) is 0 Å². The third-order valence-electron chi connectivity index (χ3n) is 2.87. The lowest BCUT2D eigenvalue weighted by molar-refractivity contribution is 0.191. The summed E-state index contributed by atoms with van der Waals surface area (Å²) in [5.74, 6) is 0.774. The van der Waals surface area contributed by atoms with Crippen molar-refractivity contribution in [2.45, 2.75) is 46.7 Å². The van der Waals surface area contributed by atoms with Crippen LogP contribution in [0.15, 0.2) is 11.8 Å². The van der Waals surface area contributed by atoms with Gasteiger partial charge in [-0.3, -0.25) is 0 Å². The van der Waals surface area contributed by atoms with E-state index in [4.69, 9.17) is 5.11 Å². The number of allylic oxidation sites excluding steroid dienone is 2. The zero-order chi connectivity index (χ0) is 12.7. The molecule has 0 aliphatic rings. The molecule has 0 saturated heterocycles. The van der Waals surface area contributed by atoms with E-state index in [1.54, 1.807) is 13.0 Å². The van der Waals surface area contributed by atoms with Crippen molar-refractivity contribution in [2.24, 2.45) is 17.8 Å². The molecule has 0 unspecified atom stereocenters. The highest BCUT2D eigenvalue weighted by molar-refractivity contribution is 4.94. The third kappa shape index (κ3) is 6.83. The molecule has 0 bridgehead atoms. The summed E-state index contributed by atoms with van der Waals surface area (Å²) < 4.78 is 13.0. The van der Waals surface area contributed by atoms with Gasteiger partial charge in [-0.05, 0) is 50.5 Å². The second kappa shape index (κ2) is 7.66. The summed E-state index contributed by atoms with van der Waals surface area (Å²) in [6.45, 7) is 7.32. The van der Waals surface area contributed by atoms with Crippen LogP contribution in [-0.2, 0) is 0 Å². The quantitative estimate of drug-likeness (QED) is 0.660. The van der Waals surface area contributed by atoms with Crippen LogP contribution in [0.1, 0.15) is 40.5 Å². The van der Waals surface area contributed by atoms with Crippen molar-refractivity contribution in [3.63, 3.8) is 0 Å². The molecule has 16 heavy (non-hydrogen) atoms. The van der Waals surface area contributed by atoms with E-state index in [-0.39, 0.29) is 30.1 Å². The molecule has 96 valence electrons. The Bertz CT molecular complexity index is 210. The topological polar surface area (TPSA) is 40.5 Å². The van der Waals surface area contributed by atoms with E-state index in [0.717, 1.165) is 6.42 Å². The SMILES string of the molecule is C/C(O)=C\[C@H](C[C@@H](C)F)[C@@H](C)C[C@H](C)CO. The van der Waals surface area contributed by atoms with E-state index < -0.39 is 6.17 Å². The number of alkyl halides is 1. The first kappa shape index (κ1) is 15.4. The number of rotatable bonds is 7. The number of aliphatic hydroxyl groups excluding tert-OH is 2. The van der Waals surface area contributed by atoms with Crippen LogP contribution in [0.2, 0.25) is 0 Å². The molecule has 0 aromatic carbocycles. The van der Waals surface area contributed by atoms with Gasteiger partial charge in [0.05, 0.1) is 11.9 Å². The molecule has 0 radical (unpaired) electrons. The van der Waals surface area contributed by atoms with Gasteiger partial charge in [-0.2, -0.15) is 0 Å². The first-order chi connectivity index (χ1) is 7.36. The standard InChI is InChI=1S/C13H25FO2/c1-9(8-15)5-10(2)13(6-11(3)14)7-12(4)16/h7,9-11,13,15-16H,5-6,8H2,1-4H3/b12-7+/t9-,10-,11+,13-/m0/s1. The molecule has 0 aliphatic carbocycles. The zero-order valence-corrected chi connectivity index (χ0v) is 10.8. The Morgan fingerprint density at radius 3 is 2.19 bits per heavy atom. The molecule has 0 aromatic rings. The summed E-state index contributed by atoms with van der Waals surface area (Å²) in [6.07, 6.45) is 2.13. The van der Waals surface area contributed by atoms with E-state index in [2.05, 4.69) is 0 Å². The fourth-order valence-corrected chi connectivity index (χ4v) is 2.03. The van der Waals surface area contributed by atoms with Crippen molar-refractivity contribution in [1.29, 1.82) is 0 Å². The minimum atomic E-state index is -0.868. The smallest absolute Gasteiger partial charge is 0.0979 e. The lowest BCUT2D eigenvalue weighted by Crippen LogP contribution is -2.18. The monoisotopic (exact) mass is 232 g/mol. The molecular weight excluding hydrogens is 207 g/mol. The summed E-state index contributed by atoms with van der Waals surface area (Å²) in [7, 11) is 0. The summed E-state index contributed by atoms with van der Waals surface area (Å²) in [6, 6.07) is 0. The van der Waals surface area contributed by atoms with E-state index >= 15 is 0 Å². The maximum atomic E-state index is 13.0. The molecule has 0 spiro atoms. The van der Waals surface area contributed by atoms with Crippen molar-refractivity contribution in [3.8, 4) is 0 Å². The van der Waals surface area contributed by atoms with Crippen LogP contribution in [0.25, 0.3) is 0 Å². The highest BCUT2D eigenvalue weighted by Crippen LogP contribution is 2.27. The van der Waals surface area contributed by atoms with Crippen LogP contribution >= 0.6 is 0 Å². The Hall–Kier alpha value is -0.570. The van der Waals surface area contributed by atoms with Crippen molar-refractivity contribution in [3.05, 3.63) is 11.8 Å². The summed E-state index contributed by atoms with van der Waals surface area (Å²) >= 11 is 0. The predicted octanol–water partition coefficient (Wildman–Crippen LogP) is 3.47. The van der Waals surface area contributed by atoms with Gasteiger partial charge in [-0.15, -0.1) is 0 Å². The highest BCUT2D eigenvalue weighted by Gasteiger charge is 2.20. The van der Waals surface area contributed by atoms with Crippen molar-refractivity contribution in [2.75, 3.05) is 6.61 Å². The number of aliphatic hydroxyl groups is 2. The Morgan fingerprint density at radius 1 is 1.25 bits per heavy atom. The molecule has 0 rings (SSSR count). The molecule has 4 atom stereocenters. The normalized spacial score (nSPS) is 20.2. The summed E-state index contributed by atoms with van der Waals surface area (Å²) in [4.78, 5) is 0. The first-order valence-corrected chi connectivity index (χ1v) is 5.99. The van der Waals surface area contributed by atoms with Gasteiger partial charge in [0.15, 0.2) is 0 Å². The van der Waals surface area contributed by atoms with E-state index in [9.17, 15) is 9.50 Å². The number of halogens is 1. The largest absolute Gasteiger partial charge is 0.513 e. The van der Waals surface area contributed by atoms with E-state index in [0.29, 0.717) is 6.42 Å². The van der Waals surface area contributed by atoms with Crippen LogP contribution < -0.4 is 0 Å². The molecule has 0 amide bonds. The second-order valence-corrected chi connectivity index (χ2v) is 4.99. The van der Waals surface area contributed by atoms with Crippen molar-refractivity contribution < 1.29 is 14.6 Å². The molecule has 0 aromatic heterocycles. The van der Waals surface area contributed by atoms with Crippen molar-refractivity contribution >= 4 is 0 Å². The maximum absolute atomic E-state index is 13.0. The lowest BCUT2D eigenvalue weighted by Gasteiger charge is -2.24. The van der Waals surface area contributed by atoms with Gasteiger partial charge in [0, 0.05) is 6.61 Å². The molecule has 0 saturated carbocycles. The molecular formula is C13H25FO2. The van der Waals surface area contributed by atoms with Gasteiger partial charge < -0.3 is 10.2 Å². The fourth-order valence-electron chi connectivity index (χ4n) is 2.03. The van der Waals surface area contributed by atoms with Crippen LogP contribution in [0, 0.1) is 17.8 Å².